The van der Waals surface area contributed by atoms with E-state index in [2.05, 4.69) is 50.7 Å². The highest BCUT2D eigenvalue weighted by atomic mass is 32.1. The second-order valence-corrected chi connectivity index (χ2v) is 9.10. The van der Waals surface area contributed by atoms with Gasteiger partial charge in [0.25, 0.3) is 0 Å². The van der Waals surface area contributed by atoms with Crippen molar-refractivity contribution in [1.29, 1.82) is 0 Å². The molecule has 4 atom stereocenters. The normalized spacial score (nSPS) is 29.0. The van der Waals surface area contributed by atoms with E-state index in [9.17, 15) is 0 Å². The minimum Gasteiger partial charge on any atom is -0.298 e. The number of hydrogen-bond donors (Lipinski definition) is 0. The van der Waals surface area contributed by atoms with Gasteiger partial charge in [-0.1, -0.05) is 12.1 Å². The van der Waals surface area contributed by atoms with E-state index in [0.717, 1.165) is 32.1 Å². The Labute approximate surface area is 153 Å². The first-order chi connectivity index (χ1) is 11.8. The zero-order chi connectivity index (χ0) is 16.4. The molecule has 2 aromatic heterocycles. The van der Waals surface area contributed by atoms with Crippen LogP contribution in [0.1, 0.15) is 22.6 Å². The molecule has 2 nitrogen and oxygen atoms in total. The van der Waals surface area contributed by atoms with Gasteiger partial charge in [0.15, 0.2) is 0 Å². The van der Waals surface area contributed by atoms with Crippen molar-refractivity contribution in [2.45, 2.75) is 32.0 Å². The summed E-state index contributed by atoms with van der Waals surface area (Å²) in [5.41, 5.74) is 0. The van der Waals surface area contributed by atoms with Crippen molar-refractivity contribution >= 4 is 22.7 Å². The van der Waals surface area contributed by atoms with E-state index in [-0.39, 0.29) is 0 Å². The summed E-state index contributed by atoms with van der Waals surface area (Å²) in [6.45, 7) is 5.62. The fourth-order valence-electron chi connectivity index (χ4n) is 4.25. The maximum Gasteiger partial charge on any atom is 0.0356 e. The lowest BCUT2D eigenvalue weighted by molar-refractivity contribution is 0.00314. The number of rotatable bonds is 6. The molecular weight excluding hydrogens is 332 g/mol. The average Bonchev–Trinajstić information content (AvgIpc) is 3.29. The maximum atomic E-state index is 5.73. The summed E-state index contributed by atoms with van der Waals surface area (Å²) in [6.07, 6.45) is 8.30. The first-order valence-electron chi connectivity index (χ1n) is 8.79. The number of terminal acetylenes is 1. The number of hydrogen-bond acceptors (Lipinski definition) is 4. The predicted molar refractivity (Wildman–Crippen MR) is 103 cm³/mol. The summed E-state index contributed by atoms with van der Waals surface area (Å²) in [6, 6.07) is 9.51. The summed E-state index contributed by atoms with van der Waals surface area (Å²) in [5.74, 6) is 4.26. The molecule has 3 saturated heterocycles. The Morgan fingerprint density at radius 2 is 1.88 bits per heavy atom. The lowest BCUT2D eigenvalue weighted by Crippen LogP contribution is -2.56. The van der Waals surface area contributed by atoms with Crippen LogP contribution >= 0.6 is 22.7 Å². The fraction of sp³-hybridized carbons (Fsp3) is 0.500. The van der Waals surface area contributed by atoms with Crippen molar-refractivity contribution in [3.63, 3.8) is 0 Å². The third kappa shape index (κ3) is 3.60. The molecule has 2 bridgehead atoms. The lowest BCUT2D eigenvalue weighted by atomic mass is 9.76. The van der Waals surface area contributed by atoms with E-state index in [1.165, 1.54) is 29.1 Å². The molecule has 2 aromatic rings. The lowest BCUT2D eigenvalue weighted by Gasteiger charge is -2.49. The van der Waals surface area contributed by atoms with Crippen molar-refractivity contribution in [3.8, 4) is 12.3 Å². The molecule has 3 aliphatic rings. The van der Waals surface area contributed by atoms with E-state index >= 15 is 0 Å². The van der Waals surface area contributed by atoms with Crippen LogP contribution in [0.3, 0.4) is 0 Å². The van der Waals surface area contributed by atoms with Gasteiger partial charge in [0.1, 0.15) is 0 Å². The van der Waals surface area contributed by atoms with Crippen molar-refractivity contribution in [1.82, 2.24) is 9.80 Å². The predicted octanol–water partition coefficient (Wildman–Crippen LogP) is 4.16. The van der Waals surface area contributed by atoms with Crippen LogP contribution in [-0.2, 0) is 13.1 Å². The Hall–Kier alpha value is -1.12. The van der Waals surface area contributed by atoms with Crippen molar-refractivity contribution in [3.05, 3.63) is 44.8 Å². The molecule has 0 spiro atoms. The molecule has 0 saturated carbocycles. The van der Waals surface area contributed by atoms with Gasteiger partial charge in [0.2, 0.25) is 0 Å². The van der Waals surface area contributed by atoms with Crippen LogP contribution in [-0.4, -0.2) is 35.5 Å². The Kier molecular flexibility index (Phi) is 5.05. The van der Waals surface area contributed by atoms with Gasteiger partial charge in [-0.05, 0) is 48.2 Å². The molecule has 3 aliphatic heterocycles. The Morgan fingerprint density at radius 1 is 1.17 bits per heavy atom. The molecule has 0 N–H and O–H groups in total. The molecule has 4 heteroatoms. The largest absolute Gasteiger partial charge is 0.298 e. The first kappa shape index (κ1) is 16.4. The van der Waals surface area contributed by atoms with Crippen LogP contribution in [0.5, 0.6) is 0 Å². The zero-order valence-corrected chi connectivity index (χ0v) is 15.6. The van der Waals surface area contributed by atoms with E-state index in [1.807, 2.05) is 22.7 Å². The minimum absolute atomic E-state index is 0.484. The Morgan fingerprint density at radius 3 is 2.38 bits per heavy atom. The summed E-state index contributed by atoms with van der Waals surface area (Å²) in [4.78, 5) is 8.21. The van der Waals surface area contributed by atoms with Crippen molar-refractivity contribution in [2.75, 3.05) is 19.6 Å². The molecule has 0 aromatic carbocycles. The molecule has 1 unspecified atom stereocenters. The standard InChI is InChI=1S/C20H24N2S2/c1-2-16-12-22-8-7-17(16)11-18(22)13-21(14-19-5-3-9-23-19)15-20-6-4-10-24-20/h1,3-6,9-10,16-18H,7-8,11-15H2/t16-,17+,18-/m1/s1. The highest BCUT2D eigenvalue weighted by Crippen LogP contribution is 2.36. The molecule has 0 radical (unpaired) electrons. The molecule has 126 valence electrons. The number of thiophene rings is 2. The second-order valence-electron chi connectivity index (χ2n) is 7.03. The number of piperidine rings is 3. The van der Waals surface area contributed by atoms with E-state index < -0.39 is 0 Å². The van der Waals surface area contributed by atoms with Crippen LogP contribution in [0, 0.1) is 24.2 Å². The molecule has 3 fully saturated rings. The summed E-state index contributed by atoms with van der Waals surface area (Å²) in [7, 11) is 0. The first-order valence-corrected chi connectivity index (χ1v) is 10.5. The highest BCUT2D eigenvalue weighted by Gasteiger charge is 2.39. The average molecular weight is 357 g/mol. The van der Waals surface area contributed by atoms with Gasteiger partial charge >= 0.3 is 0 Å². The van der Waals surface area contributed by atoms with Crippen LogP contribution in [0.15, 0.2) is 35.0 Å². The molecule has 5 rings (SSSR count). The number of fused-ring (bicyclic) bond motifs is 3. The van der Waals surface area contributed by atoms with Crippen LogP contribution in [0.2, 0.25) is 0 Å². The maximum absolute atomic E-state index is 5.73. The smallest absolute Gasteiger partial charge is 0.0356 e. The molecule has 0 amide bonds. The van der Waals surface area contributed by atoms with Crippen LogP contribution < -0.4 is 0 Å². The molecule has 5 heterocycles. The number of nitrogens with zero attached hydrogens (tertiary/aromatic N) is 2. The topological polar surface area (TPSA) is 6.48 Å². The summed E-state index contributed by atoms with van der Waals surface area (Å²) < 4.78 is 0. The second kappa shape index (κ2) is 7.41. The highest BCUT2D eigenvalue weighted by molar-refractivity contribution is 7.10. The third-order valence-electron chi connectivity index (χ3n) is 5.48. The fourth-order valence-corrected chi connectivity index (χ4v) is 5.74. The Bertz CT molecular complexity index is 635. The van der Waals surface area contributed by atoms with Gasteiger partial charge in [0.05, 0.1) is 0 Å². The molecule has 0 aliphatic carbocycles. The van der Waals surface area contributed by atoms with Gasteiger partial charge in [-0.25, -0.2) is 0 Å². The van der Waals surface area contributed by atoms with Gasteiger partial charge in [-0.15, -0.1) is 35.0 Å². The quantitative estimate of drug-likeness (QED) is 0.717. The molecular formula is C20H24N2S2. The van der Waals surface area contributed by atoms with Gasteiger partial charge in [0, 0.05) is 47.9 Å². The van der Waals surface area contributed by atoms with Crippen LogP contribution in [0.4, 0.5) is 0 Å². The SMILES string of the molecule is C#C[C@@H]1CN2CC[C@H]1C[C@@H]2CN(Cc1cccs1)Cc1cccs1. The van der Waals surface area contributed by atoms with Crippen molar-refractivity contribution in [2.24, 2.45) is 11.8 Å². The van der Waals surface area contributed by atoms with Crippen molar-refractivity contribution < 1.29 is 0 Å². The van der Waals surface area contributed by atoms with Crippen LogP contribution in [0.25, 0.3) is 0 Å². The zero-order valence-electron chi connectivity index (χ0n) is 13.9. The minimum atomic E-state index is 0.484. The van der Waals surface area contributed by atoms with Gasteiger partial charge in [-0.3, -0.25) is 9.80 Å². The van der Waals surface area contributed by atoms with E-state index in [1.54, 1.807) is 0 Å². The summed E-state index contributed by atoms with van der Waals surface area (Å²) >= 11 is 3.73. The summed E-state index contributed by atoms with van der Waals surface area (Å²) in [5, 5.41) is 4.37. The van der Waals surface area contributed by atoms with Gasteiger partial charge in [-0.2, -0.15) is 0 Å². The van der Waals surface area contributed by atoms with E-state index in [0.29, 0.717) is 12.0 Å². The third-order valence-corrected chi connectivity index (χ3v) is 7.20. The van der Waals surface area contributed by atoms with Gasteiger partial charge < -0.3 is 0 Å². The molecule has 24 heavy (non-hydrogen) atoms. The monoisotopic (exact) mass is 356 g/mol. The Balaban J connectivity index is 1.44. The van der Waals surface area contributed by atoms with E-state index in [4.69, 9.17) is 6.42 Å².